The van der Waals surface area contributed by atoms with Crippen molar-refractivity contribution in [3.8, 4) is 0 Å². The zero-order valence-corrected chi connectivity index (χ0v) is 19.8. The molecule has 4 rings (SSSR count). The van der Waals surface area contributed by atoms with Gasteiger partial charge in [0.15, 0.2) is 0 Å². The number of hydrogen-bond acceptors (Lipinski definition) is 5. The number of halogens is 3. The number of carbonyl (C=O) groups excluding carboxylic acids is 1. The zero-order chi connectivity index (χ0) is 25.0. The Labute approximate surface area is 203 Å². The van der Waals surface area contributed by atoms with Gasteiger partial charge in [0.25, 0.3) is 0 Å². The predicted molar refractivity (Wildman–Crippen MR) is 131 cm³/mol. The maximum Gasteiger partial charge on any atom is 0.395 e. The second kappa shape index (κ2) is 10.8. The molecule has 0 bridgehead atoms. The molecule has 9 heteroatoms. The first-order chi connectivity index (χ1) is 16.8. The van der Waals surface area contributed by atoms with Crippen LogP contribution in [0.15, 0.2) is 36.5 Å². The van der Waals surface area contributed by atoms with E-state index in [1.165, 1.54) is 12.3 Å². The number of pyridine rings is 1. The summed E-state index contributed by atoms with van der Waals surface area (Å²) in [5.41, 5.74) is 1.14. The van der Waals surface area contributed by atoms with E-state index in [1.54, 1.807) is 12.1 Å². The summed E-state index contributed by atoms with van der Waals surface area (Å²) < 4.78 is 41.8. The third-order valence-corrected chi connectivity index (χ3v) is 7.03. The van der Waals surface area contributed by atoms with Crippen molar-refractivity contribution in [2.45, 2.75) is 63.6 Å². The topological polar surface area (TPSA) is 89.9 Å². The van der Waals surface area contributed by atoms with E-state index in [0.29, 0.717) is 11.3 Å². The molecule has 1 saturated heterocycles. The highest BCUT2D eigenvalue weighted by Gasteiger charge is 2.41. The highest BCUT2D eigenvalue weighted by molar-refractivity contribution is 6.15. The average Bonchev–Trinajstić information content (AvgIpc) is 3.05. The number of nitrogens with zero attached hydrogens (tertiary/aromatic N) is 1. The molecule has 4 N–H and O–H groups in total. The Morgan fingerprint density at radius 3 is 2.57 bits per heavy atom. The van der Waals surface area contributed by atoms with Gasteiger partial charge >= 0.3 is 6.18 Å². The molecule has 35 heavy (non-hydrogen) atoms. The second-order valence-electron chi connectivity index (χ2n) is 9.44. The third-order valence-electron chi connectivity index (χ3n) is 7.03. The number of hydrogen-bond donors (Lipinski definition) is 4. The van der Waals surface area contributed by atoms with Gasteiger partial charge in [0, 0.05) is 40.5 Å². The molecule has 0 radical (unpaired) electrons. The van der Waals surface area contributed by atoms with E-state index < -0.39 is 12.1 Å². The highest BCUT2D eigenvalue weighted by Crippen LogP contribution is 2.40. The van der Waals surface area contributed by atoms with Crippen molar-refractivity contribution in [2.24, 2.45) is 5.92 Å². The van der Waals surface area contributed by atoms with Crippen LogP contribution in [0.3, 0.4) is 0 Å². The number of nitrogens with one attached hydrogen (secondary N) is 4. The Hall–Kier alpha value is -2.94. The fraction of sp³-hybridized carbons (Fsp3) is 0.500. The Kier molecular flexibility index (Phi) is 7.74. The maximum absolute atomic E-state index is 13.9. The number of rotatable bonds is 7. The predicted octanol–water partition coefficient (Wildman–Crippen LogP) is 5.46. The summed E-state index contributed by atoms with van der Waals surface area (Å²) in [6.45, 7) is 2.90. The fourth-order valence-corrected chi connectivity index (χ4v) is 4.64. The van der Waals surface area contributed by atoms with Crippen LogP contribution in [0.1, 0.15) is 68.1 Å². The molecular formula is C26H32F3N5O. The van der Waals surface area contributed by atoms with Crippen LogP contribution in [0, 0.1) is 11.3 Å². The van der Waals surface area contributed by atoms with Crippen LogP contribution in [0.4, 0.5) is 24.7 Å². The van der Waals surface area contributed by atoms with Gasteiger partial charge in [0.1, 0.15) is 5.82 Å². The molecule has 1 aliphatic heterocycles. The quantitative estimate of drug-likeness (QED) is 0.391. The minimum absolute atomic E-state index is 0.0347. The molecule has 1 aliphatic carbocycles. The number of amides is 1. The number of benzene rings is 1. The Bertz CT molecular complexity index is 1060. The monoisotopic (exact) mass is 487 g/mol. The minimum atomic E-state index is -4.56. The summed E-state index contributed by atoms with van der Waals surface area (Å²) in [5.74, 6) is -2.54. The van der Waals surface area contributed by atoms with Gasteiger partial charge in [-0.1, -0.05) is 24.6 Å². The summed E-state index contributed by atoms with van der Waals surface area (Å²) >= 11 is 0. The van der Waals surface area contributed by atoms with Gasteiger partial charge in [0.05, 0.1) is 11.6 Å². The normalized spacial score (nSPS) is 19.8. The van der Waals surface area contributed by atoms with Crippen molar-refractivity contribution in [3.05, 3.63) is 53.2 Å². The summed E-state index contributed by atoms with van der Waals surface area (Å²) in [6, 6.07) is 8.87. The van der Waals surface area contributed by atoms with Gasteiger partial charge in [-0.3, -0.25) is 10.2 Å². The lowest BCUT2D eigenvalue weighted by Crippen LogP contribution is -2.30. The number of aromatic nitrogens is 1. The van der Waals surface area contributed by atoms with Gasteiger partial charge in [-0.2, -0.15) is 13.2 Å². The van der Waals surface area contributed by atoms with Crippen molar-refractivity contribution >= 4 is 23.1 Å². The van der Waals surface area contributed by atoms with Crippen molar-refractivity contribution < 1.29 is 18.0 Å². The molecule has 2 atom stereocenters. The molecular weight excluding hydrogens is 455 g/mol. The molecule has 1 amide bonds. The highest BCUT2D eigenvalue weighted by atomic mass is 19.4. The lowest BCUT2D eigenvalue weighted by Gasteiger charge is -2.27. The van der Waals surface area contributed by atoms with Gasteiger partial charge < -0.3 is 16.0 Å². The van der Waals surface area contributed by atoms with Crippen LogP contribution in [0.2, 0.25) is 0 Å². The second-order valence-corrected chi connectivity index (χ2v) is 9.44. The van der Waals surface area contributed by atoms with E-state index in [-0.39, 0.29) is 40.5 Å². The summed E-state index contributed by atoms with van der Waals surface area (Å²) in [5, 5.41) is 18.5. The molecule has 0 spiro atoms. The first-order valence-electron chi connectivity index (χ1n) is 12.3. The van der Waals surface area contributed by atoms with Crippen molar-refractivity contribution in [3.63, 3.8) is 0 Å². The molecule has 188 valence electrons. The number of anilines is 2. The van der Waals surface area contributed by atoms with Crippen molar-refractivity contribution in [1.82, 2.24) is 10.3 Å². The average molecular weight is 488 g/mol. The van der Waals surface area contributed by atoms with Crippen LogP contribution < -0.4 is 16.0 Å². The summed E-state index contributed by atoms with van der Waals surface area (Å²) in [6.07, 6.45) is 2.10. The van der Waals surface area contributed by atoms with E-state index in [0.717, 1.165) is 58.5 Å². The number of alkyl halides is 3. The van der Waals surface area contributed by atoms with Crippen molar-refractivity contribution in [2.75, 3.05) is 23.7 Å². The largest absolute Gasteiger partial charge is 0.395 e. The first-order valence-corrected chi connectivity index (χ1v) is 12.3. The van der Waals surface area contributed by atoms with Crippen LogP contribution in [0.25, 0.3) is 0 Å². The lowest BCUT2D eigenvalue weighted by atomic mass is 9.84. The first kappa shape index (κ1) is 25.2. The lowest BCUT2D eigenvalue weighted by molar-refractivity contribution is -0.146. The molecule has 2 fully saturated rings. The van der Waals surface area contributed by atoms with Crippen LogP contribution in [-0.4, -0.2) is 41.9 Å². The molecule has 2 heterocycles. The molecule has 1 aromatic carbocycles. The molecule has 2 unspecified atom stereocenters. The Morgan fingerprint density at radius 2 is 1.86 bits per heavy atom. The zero-order valence-electron chi connectivity index (χ0n) is 19.8. The number of carbonyl (C=O) groups is 1. The molecule has 6 nitrogen and oxygen atoms in total. The molecule has 1 aromatic heterocycles. The van der Waals surface area contributed by atoms with E-state index in [2.05, 4.69) is 20.9 Å². The smallest absolute Gasteiger partial charge is 0.382 e. The summed E-state index contributed by atoms with van der Waals surface area (Å²) in [4.78, 5) is 16.7. The van der Waals surface area contributed by atoms with Crippen molar-refractivity contribution in [1.29, 1.82) is 5.41 Å². The van der Waals surface area contributed by atoms with E-state index >= 15 is 0 Å². The van der Waals surface area contributed by atoms with Crippen LogP contribution in [0.5, 0.6) is 0 Å². The summed E-state index contributed by atoms with van der Waals surface area (Å²) in [7, 11) is 0. The van der Waals surface area contributed by atoms with Gasteiger partial charge in [-0.05, 0) is 64.3 Å². The van der Waals surface area contributed by atoms with Crippen LogP contribution in [-0.2, 0) is 4.79 Å². The van der Waals surface area contributed by atoms with Crippen LogP contribution >= 0.6 is 0 Å². The molecule has 2 aliphatic rings. The van der Waals surface area contributed by atoms with E-state index in [4.69, 9.17) is 5.41 Å². The standard InChI is InChI=1S/C26H32F3N5O/c1-16(26(27,28)29)22-20(12-15-32-24(22)34-25(35)17-6-4-7-17)23(30)19-9-2-3-10-21(19)33-18-8-5-13-31-14-11-18/h2-3,9-10,12,15-18,30-31,33H,4-8,11,13-14H2,1H3,(H,32,34,35). The van der Waals surface area contributed by atoms with Gasteiger partial charge in [0.2, 0.25) is 5.91 Å². The SMILES string of the molecule is CC(c1c(C(=N)c2ccccc2NC2CCCNCC2)ccnc1NC(=O)C1CCC1)C(F)(F)F. The minimum Gasteiger partial charge on any atom is -0.382 e. The molecule has 1 saturated carbocycles. The molecule has 2 aromatic rings. The fourth-order valence-electron chi connectivity index (χ4n) is 4.64. The Balaban J connectivity index is 1.70. The van der Waals surface area contributed by atoms with E-state index in [1.807, 2.05) is 12.1 Å². The Morgan fingerprint density at radius 1 is 1.09 bits per heavy atom. The van der Waals surface area contributed by atoms with Gasteiger partial charge in [-0.25, -0.2) is 4.98 Å². The third kappa shape index (κ3) is 5.83. The number of para-hydroxylation sites is 1. The van der Waals surface area contributed by atoms with Gasteiger partial charge in [-0.15, -0.1) is 0 Å². The maximum atomic E-state index is 13.9. The van der Waals surface area contributed by atoms with E-state index in [9.17, 15) is 18.0 Å².